The van der Waals surface area contributed by atoms with Gasteiger partial charge in [0.1, 0.15) is 17.6 Å². The zero-order valence-electron chi connectivity index (χ0n) is 17.0. The minimum atomic E-state index is -0.0626. The first-order valence-corrected chi connectivity index (χ1v) is 9.99. The second-order valence-corrected chi connectivity index (χ2v) is 7.47. The first-order valence-electron chi connectivity index (χ1n) is 9.99. The van der Waals surface area contributed by atoms with Gasteiger partial charge in [-0.3, -0.25) is 9.59 Å². The first-order chi connectivity index (χ1) is 13.5. The monoisotopic (exact) mass is 390 g/mol. The molecule has 0 aliphatic carbocycles. The van der Waals surface area contributed by atoms with E-state index in [1.165, 1.54) is 0 Å². The highest BCUT2D eigenvalue weighted by atomic mass is 16.5. The lowest BCUT2D eigenvalue weighted by molar-refractivity contribution is -0.130. The number of methoxy groups -OCH3 is 1. The first kappa shape index (κ1) is 20.5. The number of carbonyl (C=O) groups excluding carboxylic acids is 2. The fourth-order valence-electron chi connectivity index (χ4n) is 3.72. The molecule has 3 rings (SSSR count). The Labute approximate surface area is 166 Å². The van der Waals surface area contributed by atoms with Crippen LogP contribution in [0.5, 0.6) is 11.5 Å². The molecule has 2 fully saturated rings. The molecule has 0 aromatic heterocycles. The summed E-state index contributed by atoms with van der Waals surface area (Å²) in [5, 5.41) is 0. The van der Waals surface area contributed by atoms with Crippen molar-refractivity contribution < 1.29 is 23.8 Å². The van der Waals surface area contributed by atoms with Crippen LogP contribution in [0.15, 0.2) is 18.2 Å². The van der Waals surface area contributed by atoms with E-state index in [-0.39, 0.29) is 24.0 Å². The highest BCUT2D eigenvalue weighted by Crippen LogP contribution is 2.29. The van der Waals surface area contributed by atoms with Gasteiger partial charge in [-0.05, 0) is 31.5 Å². The number of amides is 2. The number of nitrogens with zero attached hydrogens (tertiary/aromatic N) is 2. The molecule has 0 saturated carbocycles. The maximum absolute atomic E-state index is 13.3. The van der Waals surface area contributed by atoms with Crippen LogP contribution in [-0.2, 0) is 9.53 Å². The van der Waals surface area contributed by atoms with Crippen LogP contribution in [0.25, 0.3) is 0 Å². The summed E-state index contributed by atoms with van der Waals surface area (Å²) >= 11 is 0. The molecule has 0 bridgehead atoms. The van der Waals surface area contributed by atoms with Crippen LogP contribution < -0.4 is 9.47 Å². The molecule has 1 aromatic carbocycles. The van der Waals surface area contributed by atoms with Crippen molar-refractivity contribution >= 4 is 11.8 Å². The van der Waals surface area contributed by atoms with Gasteiger partial charge in [0.15, 0.2) is 0 Å². The average molecular weight is 390 g/mol. The smallest absolute Gasteiger partial charge is 0.257 e. The van der Waals surface area contributed by atoms with Crippen LogP contribution in [-0.4, -0.2) is 73.7 Å². The van der Waals surface area contributed by atoms with Crippen LogP contribution >= 0.6 is 0 Å². The molecule has 0 spiro atoms. The largest absolute Gasteiger partial charge is 0.497 e. The maximum Gasteiger partial charge on any atom is 0.257 e. The van der Waals surface area contributed by atoms with Gasteiger partial charge in [-0.15, -0.1) is 0 Å². The number of ether oxygens (including phenoxy) is 3. The number of hydrogen-bond donors (Lipinski definition) is 0. The van der Waals surface area contributed by atoms with Crippen LogP contribution in [0.4, 0.5) is 0 Å². The Morgan fingerprint density at radius 3 is 2.57 bits per heavy atom. The molecule has 1 aromatic rings. The fourth-order valence-corrected chi connectivity index (χ4v) is 3.72. The Morgan fingerprint density at radius 2 is 1.89 bits per heavy atom. The number of hydrogen-bond acceptors (Lipinski definition) is 5. The zero-order chi connectivity index (χ0) is 20.1. The molecule has 2 amide bonds. The van der Waals surface area contributed by atoms with E-state index in [0.29, 0.717) is 49.8 Å². The van der Waals surface area contributed by atoms with E-state index in [1.807, 2.05) is 22.8 Å². The molecule has 28 heavy (non-hydrogen) atoms. The van der Waals surface area contributed by atoms with Gasteiger partial charge in [0.2, 0.25) is 5.91 Å². The van der Waals surface area contributed by atoms with Crippen molar-refractivity contribution in [1.82, 2.24) is 9.80 Å². The van der Waals surface area contributed by atoms with E-state index in [2.05, 4.69) is 0 Å². The third kappa shape index (κ3) is 4.95. The Kier molecular flexibility index (Phi) is 6.78. The molecule has 0 N–H and O–H groups in total. The molecule has 1 atom stereocenters. The molecule has 2 heterocycles. The molecule has 0 radical (unpaired) electrons. The third-order valence-corrected chi connectivity index (χ3v) is 5.34. The van der Waals surface area contributed by atoms with Crippen LogP contribution in [0, 0.1) is 0 Å². The van der Waals surface area contributed by atoms with Crippen molar-refractivity contribution in [3.63, 3.8) is 0 Å². The normalized spacial score (nSPS) is 21.2. The summed E-state index contributed by atoms with van der Waals surface area (Å²) in [7, 11) is 1.59. The van der Waals surface area contributed by atoms with Crippen molar-refractivity contribution in [2.45, 2.75) is 45.3 Å². The highest BCUT2D eigenvalue weighted by molar-refractivity contribution is 5.97. The van der Waals surface area contributed by atoms with Crippen LogP contribution in [0.2, 0.25) is 0 Å². The van der Waals surface area contributed by atoms with Gasteiger partial charge in [-0.25, -0.2) is 0 Å². The Morgan fingerprint density at radius 1 is 1.14 bits per heavy atom. The molecule has 2 saturated heterocycles. The minimum absolute atomic E-state index is 0.0114. The molecular formula is C21H30N2O5. The molecule has 2 aliphatic heterocycles. The van der Waals surface area contributed by atoms with E-state index in [4.69, 9.17) is 14.2 Å². The maximum atomic E-state index is 13.3. The summed E-state index contributed by atoms with van der Waals surface area (Å²) in [6, 6.07) is 5.37. The third-order valence-electron chi connectivity index (χ3n) is 5.34. The van der Waals surface area contributed by atoms with Gasteiger partial charge in [0, 0.05) is 52.6 Å². The second kappa shape index (κ2) is 9.28. The SMILES string of the molecule is COc1ccc(OC2CCN(C(C)=O)CC2)c(C(=O)N2CCCOC(C)C2)c1. The standard InChI is InChI=1S/C21H30N2O5/c1-15-14-23(9-4-12-27-15)21(25)19-13-18(26-3)5-6-20(19)28-17-7-10-22(11-8-17)16(2)24/h5-6,13,15,17H,4,7-12,14H2,1-3H3. The van der Waals surface area contributed by atoms with E-state index >= 15 is 0 Å². The van der Waals surface area contributed by atoms with Gasteiger partial charge in [-0.1, -0.05) is 0 Å². The minimum Gasteiger partial charge on any atom is -0.497 e. The Hall–Kier alpha value is -2.28. The zero-order valence-corrected chi connectivity index (χ0v) is 17.0. The van der Waals surface area contributed by atoms with Crippen molar-refractivity contribution in [2.24, 2.45) is 0 Å². The number of rotatable bonds is 4. The number of benzene rings is 1. The quantitative estimate of drug-likeness (QED) is 0.789. The second-order valence-electron chi connectivity index (χ2n) is 7.47. The molecular weight excluding hydrogens is 360 g/mol. The van der Waals surface area contributed by atoms with Crippen molar-refractivity contribution in [3.8, 4) is 11.5 Å². The fraction of sp³-hybridized carbons (Fsp3) is 0.619. The highest BCUT2D eigenvalue weighted by Gasteiger charge is 2.27. The predicted molar refractivity (Wildman–Crippen MR) is 105 cm³/mol. The lowest BCUT2D eigenvalue weighted by Crippen LogP contribution is -2.41. The lowest BCUT2D eigenvalue weighted by atomic mass is 10.1. The van der Waals surface area contributed by atoms with Gasteiger partial charge in [0.25, 0.3) is 5.91 Å². The van der Waals surface area contributed by atoms with Crippen molar-refractivity contribution in [3.05, 3.63) is 23.8 Å². The van der Waals surface area contributed by atoms with Crippen LogP contribution in [0.1, 0.15) is 43.5 Å². The molecule has 154 valence electrons. The summed E-state index contributed by atoms with van der Waals surface area (Å²) in [6.45, 7) is 6.83. The van der Waals surface area contributed by atoms with Crippen LogP contribution in [0.3, 0.4) is 0 Å². The topological polar surface area (TPSA) is 68.3 Å². The van der Waals surface area contributed by atoms with Gasteiger partial charge in [-0.2, -0.15) is 0 Å². The average Bonchev–Trinajstić information content (AvgIpc) is 2.92. The number of piperidine rings is 1. The molecule has 1 unspecified atom stereocenters. The summed E-state index contributed by atoms with van der Waals surface area (Å²) < 4.78 is 17.2. The lowest BCUT2D eigenvalue weighted by Gasteiger charge is -2.32. The Balaban J connectivity index is 1.76. The molecule has 7 heteroatoms. The summed E-state index contributed by atoms with van der Waals surface area (Å²) in [5.41, 5.74) is 0.516. The van der Waals surface area contributed by atoms with Crippen molar-refractivity contribution in [2.75, 3.05) is 39.9 Å². The van der Waals surface area contributed by atoms with E-state index < -0.39 is 0 Å². The number of carbonyl (C=O) groups is 2. The molecule has 2 aliphatic rings. The summed E-state index contributed by atoms with van der Waals surface area (Å²) in [5.74, 6) is 1.23. The van der Waals surface area contributed by atoms with Gasteiger partial charge in [0.05, 0.1) is 18.8 Å². The number of likely N-dealkylation sites (tertiary alicyclic amines) is 1. The van der Waals surface area contributed by atoms with Crippen molar-refractivity contribution in [1.29, 1.82) is 0 Å². The van der Waals surface area contributed by atoms with Gasteiger partial charge >= 0.3 is 0 Å². The van der Waals surface area contributed by atoms with Gasteiger partial charge < -0.3 is 24.0 Å². The predicted octanol–water partition coefficient (Wildman–Crippen LogP) is 2.34. The summed E-state index contributed by atoms with van der Waals surface area (Å²) in [4.78, 5) is 28.4. The van der Waals surface area contributed by atoms with E-state index in [0.717, 1.165) is 19.3 Å². The Bertz CT molecular complexity index is 700. The van der Waals surface area contributed by atoms with E-state index in [9.17, 15) is 9.59 Å². The summed E-state index contributed by atoms with van der Waals surface area (Å²) in [6.07, 6.45) is 2.33. The van der Waals surface area contributed by atoms with E-state index in [1.54, 1.807) is 26.2 Å². The molecule has 7 nitrogen and oxygen atoms in total.